The van der Waals surface area contributed by atoms with Crippen LogP contribution in [0.15, 0.2) is 12.3 Å². The van der Waals surface area contributed by atoms with Crippen molar-refractivity contribution in [2.24, 2.45) is 0 Å². The second-order valence-electron chi connectivity index (χ2n) is 5.53. The molecule has 0 amide bonds. The normalized spacial score (nSPS) is 16.2. The Bertz CT molecular complexity index is 407. The van der Waals surface area contributed by atoms with Crippen LogP contribution in [0, 0.1) is 0 Å². The van der Waals surface area contributed by atoms with E-state index in [9.17, 15) is 5.11 Å². The van der Waals surface area contributed by atoms with Gasteiger partial charge >= 0.3 is 0 Å². The second kappa shape index (κ2) is 6.87. The van der Waals surface area contributed by atoms with Crippen molar-refractivity contribution in [2.45, 2.75) is 51.7 Å². The summed E-state index contributed by atoms with van der Waals surface area (Å²) in [7, 11) is 0. The van der Waals surface area contributed by atoms with Gasteiger partial charge in [0.2, 0.25) is 5.88 Å². The van der Waals surface area contributed by atoms with E-state index >= 15 is 0 Å². The quantitative estimate of drug-likeness (QED) is 0.821. The van der Waals surface area contributed by atoms with E-state index in [-0.39, 0.29) is 6.61 Å². The van der Waals surface area contributed by atoms with E-state index in [0.29, 0.717) is 18.5 Å². The fourth-order valence-electron chi connectivity index (χ4n) is 2.28. The van der Waals surface area contributed by atoms with Crippen molar-refractivity contribution in [2.75, 3.05) is 13.2 Å². The van der Waals surface area contributed by atoms with Gasteiger partial charge < -0.3 is 15.2 Å². The average Bonchev–Trinajstić information content (AvgIpc) is 2.42. The Kier molecular flexibility index (Phi) is 5.16. The molecule has 0 saturated carbocycles. The molecule has 0 unspecified atom stereocenters. The number of hydrogen-bond acceptors (Lipinski definition) is 4. The molecule has 0 saturated heterocycles. The zero-order chi connectivity index (χ0) is 13.7. The van der Waals surface area contributed by atoms with Gasteiger partial charge in [-0.05, 0) is 36.8 Å². The first-order valence-electron chi connectivity index (χ1n) is 7.17. The third kappa shape index (κ3) is 4.48. The average molecular weight is 264 g/mol. The van der Waals surface area contributed by atoms with Gasteiger partial charge in [0, 0.05) is 24.8 Å². The van der Waals surface area contributed by atoms with Gasteiger partial charge in [-0.2, -0.15) is 0 Å². The lowest BCUT2D eigenvalue weighted by atomic mass is 9.94. The summed E-state index contributed by atoms with van der Waals surface area (Å²) in [4.78, 5) is 4.31. The molecular weight excluding hydrogens is 240 g/mol. The van der Waals surface area contributed by atoms with Crippen molar-refractivity contribution < 1.29 is 9.84 Å². The summed E-state index contributed by atoms with van der Waals surface area (Å²) >= 11 is 0. The van der Waals surface area contributed by atoms with Gasteiger partial charge in [-0.15, -0.1) is 0 Å². The van der Waals surface area contributed by atoms with Crippen molar-refractivity contribution in [1.82, 2.24) is 10.3 Å². The minimum Gasteiger partial charge on any atom is -0.475 e. The van der Waals surface area contributed by atoms with Gasteiger partial charge in [-0.3, -0.25) is 0 Å². The lowest BCUT2D eigenvalue weighted by Gasteiger charge is -2.17. The van der Waals surface area contributed by atoms with E-state index in [1.54, 1.807) is 0 Å². The standard InChI is InChI=1S/C15H24N2O2/c1-11(2)16-9-14(18)10-19-15-7-12-5-3-4-6-13(12)8-17-15/h7-8,11,14,16,18H,3-6,9-10H2,1-2H3/t14-/m0/s1. The molecule has 0 fully saturated rings. The number of aromatic nitrogens is 1. The van der Waals surface area contributed by atoms with Crippen LogP contribution in [0.1, 0.15) is 37.8 Å². The van der Waals surface area contributed by atoms with Crippen molar-refractivity contribution in [3.63, 3.8) is 0 Å². The molecule has 1 atom stereocenters. The lowest BCUT2D eigenvalue weighted by Crippen LogP contribution is -2.35. The van der Waals surface area contributed by atoms with Crippen LogP contribution in [0.2, 0.25) is 0 Å². The number of aryl methyl sites for hydroxylation is 2. The SMILES string of the molecule is CC(C)NC[C@H](O)COc1cc2c(cn1)CCCC2. The van der Waals surface area contributed by atoms with Crippen LogP contribution < -0.4 is 10.1 Å². The van der Waals surface area contributed by atoms with E-state index in [1.807, 2.05) is 12.3 Å². The molecule has 106 valence electrons. The maximum atomic E-state index is 9.78. The molecule has 4 nitrogen and oxygen atoms in total. The number of fused-ring (bicyclic) bond motifs is 1. The molecule has 0 radical (unpaired) electrons. The van der Waals surface area contributed by atoms with Crippen LogP contribution in [-0.2, 0) is 12.8 Å². The monoisotopic (exact) mass is 264 g/mol. The summed E-state index contributed by atoms with van der Waals surface area (Å²) in [6, 6.07) is 2.40. The predicted octanol–water partition coefficient (Wildman–Crippen LogP) is 1.70. The molecule has 0 aliphatic heterocycles. The highest BCUT2D eigenvalue weighted by Crippen LogP contribution is 2.23. The number of ether oxygens (including phenoxy) is 1. The van der Waals surface area contributed by atoms with E-state index < -0.39 is 6.10 Å². The molecule has 4 heteroatoms. The number of aliphatic hydroxyl groups is 1. The fourth-order valence-corrected chi connectivity index (χ4v) is 2.28. The number of nitrogens with one attached hydrogen (secondary N) is 1. The molecule has 0 bridgehead atoms. The summed E-state index contributed by atoms with van der Waals surface area (Å²) in [5, 5.41) is 13.0. The third-order valence-corrected chi connectivity index (χ3v) is 3.39. The van der Waals surface area contributed by atoms with E-state index in [4.69, 9.17) is 4.74 Å². The topological polar surface area (TPSA) is 54.4 Å². The number of hydrogen-bond donors (Lipinski definition) is 2. The zero-order valence-electron chi connectivity index (χ0n) is 11.9. The highest BCUT2D eigenvalue weighted by Gasteiger charge is 2.12. The molecule has 19 heavy (non-hydrogen) atoms. The molecule has 2 N–H and O–H groups in total. The number of aliphatic hydroxyl groups excluding tert-OH is 1. The number of rotatable bonds is 6. The van der Waals surface area contributed by atoms with Gasteiger partial charge in [0.1, 0.15) is 12.7 Å². The minimum absolute atomic E-state index is 0.283. The van der Waals surface area contributed by atoms with Crippen molar-refractivity contribution in [1.29, 1.82) is 0 Å². The Labute approximate surface area is 115 Å². The van der Waals surface area contributed by atoms with Gasteiger partial charge in [-0.1, -0.05) is 13.8 Å². The van der Waals surface area contributed by atoms with E-state index in [2.05, 4.69) is 24.1 Å². The second-order valence-corrected chi connectivity index (χ2v) is 5.53. The summed E-state index contributed by atoms with van der Waals surface area (Å²) < 4.78 is 5.57. The first-order chi connectivity index (χ1) is 9.15. The molecule has 2 rings (SSSR count). The Balaban J connectivity index is 1.82. The maximum absolute atomic E-state index is 9.78. The smallest absolute Gasteiger partial charge is 0.213 e. The molecule has 1 aliphatic rings. The van der Waals surface area contributed by atoms with Crippen LogP contribution in [0.25, 0.3) is 0 Å². The third-order valence-electron chi connectivity index (χ3n) is 3.39. The summed E-state index contributed by atoms with van der Waals surface area (Å²) in [6.07, 6.45) is 6.17. The highest BCUT2D eigenvalue weighted by molar-refractivity contribution is 5.31. The van der Waals surface area contributed by atoms with Gasteiger partial charge in [0.25, 0.3) is 0 Å². The molecule has 1 aromatic rings. The number of nitrogens with zero attached hydrogens (tertiary/aromatic N) is 1. The largest absolute Gasteiger partial charge is 0.475 e. The van der Waals surface area contributed by atoms with Crippen LogP contribution in [0.5, 0.6) is 5.88 Å². The van der Waals surface area contributed by atoms with Crippen LogP contribution in [-0.4, -0.2) is 35.4 Å². The molecule has 0 aromatic carbocycles. The summed E-state index contributed by atoms with van der Waals surface area (Å²) in [5.41, 5.74) is 2.70. The van der Waals surface area contributed by atoms with Gasteiger partial charge in [-0.25, -0.2) is 4.98 Å². The Hall–Kier alpha value is -1.13. The maximum Gasteiger partial charge on any atom is 0.213 e. The van der Waals surface area contributed by atoms with Gasteiger partial charge in [0.05, 0.1) is 0 Å². The Morgan fingerprint density at radius 1 is 1.32 bits per heavy atom. The van der Waals surface area contributed by atoms with Gasteiger partial charge in [0.15, 0.2) is 0 Å². The first kappa shape index (κ1) is 14.3. The molecule has 1 aliphatic carbocycles. The van der Waals surface area contributed by atoms with Crippen LogP contribution in [0.3, 0.4) is 0 Å². The Morgan fingerprint density at radius 3 is 2.79 bits per heavy atom. The molecular formula is C15H24N2O2. The molecule has 1 aromatic heterocycles. The van der Waals surface area contributed by atoms with E-state index in [0.717, 1.165) is 12.8 Å². The lowest BCUT2D eigenvalue weighted by molar-refractivity contribution is 0.102. The summed E-state index contributed by atoms with van der Waals surface area (Å²) in [6.45, 7) is 4.94. The van der Waals surface area contributed by atoms with Crippen molar-refractivity contribution in [3.05, 3.63) is 23.4 Å². The molecule has 1 heterocycles. The van der Waals surface area contributed by atoms with E-state index in [1.165, 1.54) is 24.0 Å². The van der Waals surface area contributed by atoms with Crippen LogP contribution in [0.4, 0.5) is 0 Å². The fraction of sp³-hybridized carbons (Fsp3) is 0.667. The number of pyridine rings is 1. The van der Waals surface area contributed by atoms with Crippen molar-refractivity contribution >= 4 is 0 Å². The summed E-state index contributed by atoms with van der Waals surface area (Å²) in [5.74, 6) is 0.629. The minimum atomic E-state index is -0.500. The molecule has 0 spiro atoms. The Morgan fingerprint density at radius 2 is 2.05 bits per heavy atom. The zero-order valence-corrected chi connectivity index (χ0v) is 11.9. The first-order valence-corrected chi connectivity index (χ1v) is 7.17. The predicted molar refractivity (Wildman–Crippen MR) is 75.5 cm³/mol. The highest BCUT2D eigenvalue weighted by atomic mass is 16.5. The van der Waals surface area contributed by atoms with Crippen LogP contribution >= 0.6 is 0 Å². The van der Waals surface area contributed by atoms with Crippen molar-refractivity contribution in [3.8, 4) is 5.88 Å².